The molecule has 1 aromatic carbocycles. The zero-order chi connectivity index (χ0) is 19.4. The van der Waals surface area contributed by atoms with Gasteiger partial charge >= 0.3 is 5.97 Å². The number of hydrogen-bond acceptors (Lipinski definition) is 6. The average molecular weight is 373 g/mol. The van der Waals surface area contributed by atoms with Gasteiger partial charge in [-0.1, -0.05) is 12.8 Å². The van der Waals surface area contributed by atoms with Crippen LogP contribution in [0.5, 0.6) is 5.75 Å². The van der Waals surface area contributed by atoms with E-state index in [4.69, 9.17) is 9.47 Å². The van der Waals surface area contributed by atoms with Crippen LogP contribution in [-0.2, 0) is 19.1 Å². The Labute approximate surface area is 157 Å². The molecule has 2 atom stereocenters. The minimum atomic E-state index is -0.604. The Morgan fingerprint density at radius 3 is 2.19 bits per heavy atom. The monoisotopic (exact) mass is 373 g/mol. The molecule has 0 unspecified atom stereocenters. The van der Waals surface area contributed by atoms with E-state index in [0.29, 0.717) is 11.3 Å². The summed E-state index contributed by atoms with van der Waals surface area (Å²) in [5, 5.41) is 0. The highest BCUT2D eigenvalue weighted by molar-refractivity contribution is 6.05. The van der Waals surface area contributed by atoms with Crippen LogP contribution in [0.3, 0.4) is 0 Å². The van der Waals surface area contributed by atoms with Crippen molar-refractivity contribution in [1.29, 1.82) is 0 Å². The first kappa shape index (κ1) is 19.1. The van der Waals surface area contributed by atoms with Gasteiger partial charge in [0.25, 0.3) is 0 Å². The Morgan fingerprint density at radius 2 is 1.63 bits per heavy atom. The number of ketones is 1. The molecule has 0 spiro atoms. The van der Waals surface area contributed by atoms with Crippen molar-refractivity contribution in [3.05, 3.63) is 29.8 Å². The number of hydrogen-bond donors (Lipinski definition) is 0. The summed E-state index contributed by atoms with van der Waals surface area (Å²) >= 11 is 0. The van der Waals surface area contributed by atoms with E-state index in [1.807, 2.05) is 0 Å². The Morgan fingerprint density at radius 1 is 1.04 bits per heavy atom. The first-order valence-electron chi connectivity index (χ1n) is 9.19. The van der Waals surface area contributed by atoms with Gasteiger partial charge in [-0.2, -0.15) is 0 Å². The number of nitrogens with zero attached hydrogens (tertiary/aromatic N) is 1. The number of carbonyl (C=O) groups excluding carboxylic acids is 4. The Balaban J connectivity index is 1.46. The van der Waals surface area contributed by atoms with E-state index in [-0.39, 0.29) is 49.0 Å². The standard InChI is InChI=1S/C20H23NO6/c1-26-14-8-6-13(7-9-14)17(22)12-27-18(23)10-11-21-19(24)15-4-2-3-5-16(15)20(21)25/h6-9,15-16H,2-5,10-12H2,1H3/t15-,16-/m1/s1. The van der Waals surface area contributed by atoms with Crippen LogP contribution in [0.2, 0.25) is 0 Å². The number of ether oxygens (including phenoxy) is 2. The normalized spacial score (nSPS) is 21.7. The summed E-state index contributed by atoms with van der Waals surface area (Å²) in [5.74, 6) is -1.10. The van der Waals surface area contributed by atoms with Gasteiger partial charge < -0.3 is 9.47 Å². The predicted molar refractivity (Wildman–Crippen MR) is 95.1 cm³/mol. The number of carbonyl (C=O) groups is 4. The molecule has 2 fully saturated rings. The van der Waals surface area contributed by atoms with Gasteiger partial charge in [-0.3, -0.25) is 24.1 Å². The molecule has 1 aliphatic heterocycles. The molecule has 1 saturated heterocycles. The second-order valence-electron chi connectivity index (χ2n) is 6.89. The van der Waals surface area contributed by atoms with Crippen LogP contribution >= 0.6 is 0 Å². The van der Waals surface area contributed by atoms with E-state index in [2.05, 4.69) is 0 Å². The molecule has 1 aromatic rings. The maximum atomic E-state index is 12.4. The van der Waals surface area contributed by atoms with E-state index in [0.717, 1.165) is 25.7 Å². The number of amides is 2. The highest BCUT2D eigenvalue weighted by atomic mass is 16.5. The smallest absolute Gasteiger partial charge is 0.308 e. The lowest BCUT2D eigenvalue weighted by Gasteiger charge is -2.19. The summed E-state index contributed by atoms with van der Waals surface area (Å²) in [5.41, 5.74) is 0.414. The highest BCUT2D eigenvalue weighted by Gasteiger charge is 2.47. The summed E-state index contributed by atoms with van der Waals surface area (Å²) in [4.78, 5) is 49.9. The lowest BCUT2D eigenvalue weighted by Crippen LogP contribution is -2.33. The predicted octanol–water partition coefficient (Wildman–Crippen LogP) is 1.99. The quantitative estimate of drug-likeness (QED) is 0.412. The molecule has 0 radical (unpaired) electrons. The van der Waals surface area contributed by atoms with Crippen molar-refractivity contribution in [1.82, 2.24) is 4.90 Å². The van der Waals surface area contributed by atoms with E-state index in [1.165, 1.54) is 12.0 Å². The summed E-state index contributed by atoms with van der Waals surface area (Å²) in [6.45, 7) is -0.363. The number of rotatable bonds is 7. The van der Waals surface area contributed by atoms with Crippen molar-refractivity contribution >= 4 is 23.6 Å². The number of benzene rings is 1. The minimum Gasteiger partial charge on any atom is -0.497 e. The van der Waals surface area contributed by atoms with Gasteiger partial charge in [0, 0.05) is 12.1 Å². The lowest BCUT2D eigenvalue weighted by atomic mass is 9.81. The zero-order valence-electron chi connectivity index (χ0n) is 15.3. The number of Topliss-reactive ketones (excluding diaryl/α,β-unsaturated/α-hetero) is 1. The second kappa shape index (κ2) is 8.33. The van der Waals surface area contributed by atoms with Crippen LogP contribution in [0.1, 0.15) is 42.5 Å². The molecular weight excluding hydrogens is 350 g/mol. The molecule has 7 heteroatoms. The molecule has 3 rings (SSSR count). The van der Waals surface area contributed by atoms with Crippen LogP contribution in [0.25, 0.3) is 0 Å². The van der Waals surface area contributed by atoms with E-state index < -0.39 is 5.97 Å². The number of likely N-dealkylation sites (tertiary alicyclic amines) is 1. The van der Waals surface area contributed by atoms with Crippen molar-refractivity contribution in [3.8, 4) is 5.75 Å². The second-order valence-corrected chi connectivity index (χ2v) is 6.89. The zero-order valence-corrected chi connectivity index (χ0v) is 15.3. The van der Waals surface area contributed by atoms with Gasteiger partial charge in [0.2, 0.25) is 11.8 Å². The van der Waals surface area contributed by atoms with Crippen molar-refractivity contribution in [2.24, 2.45) is 11.8 Å². The maximum Gasteiger partial charge on any atom is 0.308 e. The summed E-state index contributed by atoms with van der Waals surface area (Å²) in [6.07, 6.45) is 3.30. The Bertz CT molecular complexity index is 717. The third-order valence-corrected chi connectivity index (χ3v) is 5.25. The molecule has 0 N–H and O–H groups in total. The third-order valence-electron chi connectivity index (χ3n) is 5.25. The molecule has 1 saturated carbocycles. The van der Waals surface area contributed by atoms with E-state index in [9.17, 15) is 19.2 Å². The van der Waals surface area contributed by atoms with E-state index in [1.54, 1.807) is 24.3 Å². The minimum absolute atomic E-state index is 0.0141. The summed E-state index contributed by atoms with van der Waals surface area (Å²) < 4.78 is 10.0. The van der Waals surface area contributed by atoms with Gasteiger partial charge in [0.05, 0.1) is 25.4 Å². The van der Waals surface area contributed by atoms with Crippen molar-refractivity contribution in [3.63, 3.8) is 0 Å². The highest BCUT2D eigenvalue weighted by Crippen LogP contribution is 2.37. The van der Waals surface area contributed by atoms with Crippen LogP contribution in [0, 0.1) is 11.8 Å². The lowest BCUT2D eigenvalue weighted by molar-refractivity contribution is -0.145. The molecule has 7 nitrogen and oxygen atoms in total. The van der Waals surface area contributed by atoms with Crippen molar-refractivity contribution in [2.75, 3.05) is 20.3 Å². The van der Waals surface area contributed by atoms with Gasteiger partial charge in [-0.25, -0.2) is 0 Å². The topological polar surface area (TPSA) is 90.0 Å². The molecule has 1 heterocycles. The number of methoxy groups -OCH3 is 1. The first-order valence-corrected chi connectivity index (χ1v) is 9.19. The van der Waals surface area contributed by atoms with E-state index >= 15 is 0 Å². The molecule has 0 bridgehead atoms. The summed E-state index contributed by atoms with van der Waals surface area (Å²) in [6, 6.07) is 6.49. The number of esters is 1. The molecule has 144 valence electrons. The molecule has 27 heavy (non-hydrogen) atoms. The van der Waals surface area contributed by atoms with Crippen molar-refractivity contribution < 1.29 is 28.7 Å². The molecule has 2 amide bonds. The SMILES string of the molecule is COc1ccc(C(=O)COC(=O)CCN2C(=O)[C@@H]3CCCC[C@H]3C2=O)cc1. The van der Waals surface area contributed by atoms with Crippen LogP contribution < -0.4 is 4.74 Å². The summed E-state index contributed by atoms with van der Waals surface area (Å²) in [7, 11) is 1.53. The van der Waals surface area contributed by atoms with Gasteiger partial charge in [-0.05, 0) is 37.1 Å². The fourth-order valence-electron chi connectivity index (χ4n) is 3.73. The molecular formula is C20H23NO6. The van der Waals surface area contributed by atoms with Gasteiger partial charge in [0.1, 0.15) is 5.75 Å². The fraction of sp³-hybridized carbons (Fsp3) is 0.500. The number of imide groups is 1. The molecule has 0 aromatic heterocycles. The average Bonchev–Trinajstić information content (AvgIpc) is 2.95. The van der Waals surface area contributed by atoms with Crippen LogP contribution in [0.4, 0.5) is 0 Å². The van der Waals surface area contributed by atoms with Crippen LogP contribution in [-0.4, -0.2) is 48.7 Å². The first-order chi connectivity index (χ1) is 13.0. The third kappa shape index (κ3) is 4.18. The van der Waals surface area contributed by atoms with Gasteiger partial charge in [0.15, 0.2) is 12.4 Å². The largest absolute Gasteiger partial charge is 0.497 e. The maximum absolute atomic E-state index is 12.4. The van der Waals surface area contributed by atoms with Crippen LogP contribution in [0.15, 0.2) is 24.3 Å². The van der Waals surface area contributed by atoms with Gasteiger partial charge in [-0.15, -0.1) is 0 Å². The molecule has 2 aliphatic rings. The van der Waals surface area contributed by atoms with Crippen molar-refractivity contribution in [2.45, 2.75) is 32.1 Å². The fourth-order valence-corrected chi connectivity index (χ4v) is 3.73. The Kier molecular flexibility index (Phi) is 5.88. The Hall–Kier alpha value is -2.70. The molecule has 1 aliphatic carbocycles. The number of fused-ring (bicyclic) bond motifs is 1.